The summed E-state index contributed by atoms with van der Waals surface area (Å²) in [6.45, 7) is 3.85. The molecule has 0 unspecified atom stereocenters. The smallest absolute Gasteiger partial charge is 0.269 e. The Hall–Kier alpha value is -2.74. The lowest BCUT2D eigenvalue weighted by Gasteiger charge is -2.13. The lowest BCUT2D eigenvalue weighted by atomic mass is 10.1. The molecule has 0 aliphatic heterocycles. The second kappa shape index (κ2) is 9.98. The van der Waals surface area contributed by atoms with Gasteiger partial charge >= 0.3 is 0 Å². The van der Waals surface area contributed by atoms with Crippen LogP contribution in [0.4, 0.5) is 0 Å². The van der Waals surface area contributed by atoms with Gasteiger partial charge in [0.25, 0.3) is 5.91 Å². The number of halogens is 1. The third kappa shape index (κ3) is 5.88. The van der Waals surface area contributed by atoms with Gasteiger partial charge in [-0.1, -0.05) is 15.9 Å². The van der Waals surface area contributed by atoms with Crippen molar-refractivity contribution < 1.29 is 23.8 Å². The Morgan fingerprint density at radius 3 is 2.18 bits per heavy atom. The number of nitrogens with one attached hydrogen (secondary N) is 2. The van der Waals surface area contributed by atoms with Gasteiger partial charge < -0.3 is 14.2 Å². The molecule has 0 radical (unpaired) electrons. The van der Waals surface area contributed by atoms with Crippen molar-refractivity contribution in [2.75, 3.05) is 14.2 Å². The number of rotatable bonds is 7. The molecule has 7 nitrogen and oxygen atoms in total. The topological polar surface area (TPSA) is 85.9 Å². The summed E-state index contributed by atoms with van der Waals surface area (Å²) in [4.78, 5) is 24.4. The fourth-order valence-electron chi connectivity index (χ4n) is 2.40. The van der Waals surface area contributed by atoms with Crippen molar-refractivity contribution >= 4 is 27.7 Å². The lowest BCUT2D eigenvalue weighted by Crippen LogP contribution is -2.42. The summed E-state index contributed by atoms with van der Waals surface area (Å²) in [5.41, 5.74) is 5.91. The van der Waals surface area contributed by atoms with E-state index in [-0.39, 0.29) is 18.4 Å². The zero-order chi connectivity index (χ0) is 20.7. The number of amides is 2. The van der Waals surface area contributed by atoms with Crippen LogP contribution in [0.25, 0.3) is 0 Å². The normalized spacial score (nSPS) is 10.4. The van der Waals surface area contributed by atoms with Crippen LogP contribution in [-0.4, -0.2) is 32.1 Å². The van der Waals surface area contributed by atoms with E-state index in [0.29, 0.717) is 32.8 Å². The highest BCUT2D eigenvalue weighted by molar-refractivity contribution is 9.10. The Bertz CT molecular complexity index is 837. The molecular formula is C20H23BrN2O5. The highest BCUT2D eigenvalue weighted by atomic mass is 79.9. The van der Waals surface area contributed by atoms with E-state index in [2.05, 4.69) is 26.8 Å². The highest BCUT2D eigenvalue weighted by Crippen LogP contribution is 2.33. The maximum atomic E-state index is 12.2. The molecule has 2 aromatic carbocycles. The fourth-order valence-corrected chi connectivity index (χ4v) is 2.87. The third-order valence-corrected chi connectivity index (χ3v) is 4.45. The van der Waals surface area contributed by atoms with E-state index in [4.69, 9.17) is 14.2 Å². The fraction of sp³-hybridized carbons (Fsp3) is 0.300. The number of carbonyl (C=O) groups excluding carboxylic acids is 2. The summed E-state index contributed by atoms with van der Waals surface area (Å²) in [5.74, 6) is 0.948. The molecule has 0 aliphatic carbocycles. The molecule has 150 valence electrons. The zero-order valence-electron chi connectivity index (χ0n) is 16.2. The minimum atomic E-state index is -0.421. The summed E-state index contributed by atoms with van der Waals surface area (Å²) in [6.07, 6.45) is 0.0948. The van der Waals surface area contributed by atoms with Crippen LogP contribution in [-0.2, 0) is 11.2 Å². The van der Waals surface area contributed by atoms with Gasteiger partial charge in [0.1, 0.15) is 5.75 Å². The number of benzene rings is 2. The molecule has 0 aliphatic rings. The number of carbonyl (C=O) groups is 2. The van der Waals surface area contributed by atoms with Crippen molar-refractivity contribution in [2.24, 2.45) is 0 Å². The van der Waals surface area contributed by atoms with Gasteiger partial charge in [0.15, 0.2) is 11.5 Å². The zero-order valence-corrected chi connectivity index (χ0v) is 17.8. The second-order valence-electron chi connectivity index (χ2n) is 6.17. The van der Waals surface area contributed by atoms with Crippen LogP contribution in [0.3, 0.4) is 0 Å². The van der Waals surface area contributed by atoms with E-state index in [9.17, 15) is 9.59 Å². The maximum Gasteiger partial charge on any atom is 0.269 e. The standard InChI is InChI=1S/C20H23BrN2O5/c1-12(2)28-15-7-5-13(6-8-15)20(25)23-22-19(24)10-14-9-17(26-3)18(27-4)11-16(14)21/h5-9,11-12H,10H2,1-4H3,(H,22,24)(H,23,25). The molecule has 0 saturated carbocycles. The highest BCUT2D eigenvalue weighted by Gasteiger charge is 2.14. The number of methoxy groups -OCH3 is 2. The SMILES string of the molecule is COc1cc(Br)c(CC(=O)NNC(=O)c2ccc(OC(C)C)cc2)cc1OC. The predicted octanol–water partition coefficient (Wildman–Crippen LogP) is 3.26. The first-order chi connectivity index (χ1) is 13.3. The second-order valence-corrected chi connectivity index (χ2v) is 7.02. The van der Waals surface area contributed by atoms with Crippen LogP contribution in [0, 0.1) is 0 Å². The molecule has 8 heteroatoms. The maximum absolute atomic E-state index is 12.2. The van der Waals surface area contributed by atoms with Crippen molar-refractivity contribution in [1.82, 2.24) is 10.9 Å². The molecule has 0 atom stereocenters. The third-order valence-electron chi connectivity index (χ3n) is 3.71. The van der Waals surface area contributed by atoms with Crippen molar-refractivity contribution in [3.8, 4) is 17.2 Å². The Morgan fingerprint density at radius 1 is 1.00 bits per heavy atom. The van der Waals surface area contributed by atoms with E-state index in [1.807, 2.05) is 13.8 Å². The molecule has 0 fully saturated rings. The van der Waals surface area contributed by atoms with Gasteiger partial charge in [-0.15, -0.1) is 0 Å². The van der Waals surface area contributed by atoms with E-state index >= 15 is 0 Å². The van der Waals surface area contributed by atoms with Crippen LogP contribution in [0.2, 0.25) is 0 Å². The average Bonchev–Trinajstić information content (AvgIpc) is 2.67. The first kappa shape index (κ1) is 21.6. The Balaban J connectivity index is 1.94. The van der Waals surface area contributed by atoms with E-state index < -0.39 is 5.91 Å². The quantitative estimate of drug-likeness (QED) is 0.632. The molecule has 0 saturated heterocycles. The molecule has 28 heavy (non-hydrogen) atoms. The van der Waals surface area contributed by atoms with Crippen LogP contribution in [0.5, 0.6) is 17.2 Å². The molecule has 2 rings (SSSR count). The molecule has 0 bridgehead atoms. The Morgan fingerprint density at radius 2 is 1.61 bits per heavy atom. The van der Waals surface area contributed by atoms with Crippen LogP contribution >= 0.6 is 15.9 Å². The van der Waals surface area contributed by atoms with Crippen LogP contribution in [0.15, 0.2) is 40.9 Å². The van der Waals surface area contributed by atoms with Crippen molar-refractivity contribution in [2.45, 2.75) is 26.4 Å². The van der Waals surface area contributed by atoms with Gasteiger partial charge in [0, 0.05) is 10.0 Å². The van der Waals surface area contributed by atoms with Crippen LogP contribution in [0.1, 0.15) is 29.8 Å². The number of hydrazine groups is 1. The largest absolute Gasteiger partial charge is 0.493 e. The molecule has 0 aromatic heterocycles. The molecule has 0 heterocycles. The lowest BCUT2D eigenvalue weighted by molar-refractivity contribution is -0.121. The van der Waals surface area contributed by atoms with Gasteiger partial charge in [-0.25, -0.2) is 0 Å². The number of hydrogen-bond acceptors (Lipinski definition) is 5. The van der Waals surface area contributed by atoms with Crippen molar-refractivity contribution in [1.29, 1.82) is 0 Å². The van der Waals surface area contributed by atoms with Crippen molar-refractivity contribution in [3.63, 3.8) is 0 Å². The minimum absolute atomic E-state index is 0.0440. The molecular weight excluding hydrogens is 428 g/mol. The first-order valence-electron chi connectivity index (χ1n) is 8.60. The minimum Gasteiger partial charge on any atom is -0.493 e. The van der Waals surface area contributed by atoms with E-state index in [0.717, 1.165) is 0 Å². The van der Waals surface area contributed by atoms with Gasteiger partial charge in [-0.2, -0.15) is 0 Å². The molecule has 2 N–H and O–H groups in total. The average molecular weight is 451 g/mol. The summed E-state index contributed by atoms with van der Waals surface area (Å²) >= 11 is 3.41. The predicted molar refractivity (Wildman–Crippen MR) is 109 cm³/mol. The Kier molecular flexibility index (Phi) is 7.69. The van der Waals surface area contributed by atoms with E-state index in [1.165, 1.54) is 14.2 Å². The number of hydrogen-bond donors (Lipinski definition) is 2. The monoisotopic (exact) mass is 450 g/mol. The summed E-state index contributed by atoms with van der Waals surface area (Å²) < 4.78 is 16.7. The van der Waals surface area contributed by atoms with Gasteiger partial charge in [0.05, 0.1) is 26.7 Å². The first-order valence-corrected chi connectivity index (χ1v) is 9.39. The van der Waals surface area contributed by atoms with E-state index in [1.54, 1.807) is 36.4 Å². The number of ether oxygens (including phenoxy) is 3. The van der Waals surface area contributed by atoms with Gasteiger partial charge in [-0.3, -0.25) is 20.4 Å². The molecule has 2 amide bonds. The summed E-state index contributed by atoms with van der Waals surface area (Å²) in [6, 6.07) is 10.1. The molecule has 2 aromatic rings. The van der Waals surface area contributed by atoms with Gasteiger partial charge in [-0.05, 0) is 55.8 Å². The van der Waals surface area contributed by atoms with Gasteiger partial charge in [0.2, 0.25) is 5.91 Å². The summed E-state index contributed by atoms with van der Waals surface area (Å²) in [5, 5.41) is 0. The van der Waals surface area contributed by atoms with Crippen LogP contribution < -0.4 is 25.1 Å². The molecule has 0 spiro atoms. The summed E-state index contributed by atoms with van der Waals surface area (Å²) in [7, 11) is 3.06. The Labute approximate surface area is 172 Å². The van der Waals surface area contributed by atoms with Crippen molar-refractivity contribution in [3.05, 3.63) is 52.0 Å².